The molecule has 0 aliphatic heterocycles. The van der Waals surface area contributed by atoms with E-state index in [1.54, 1.807) is 0 Å². The highest BCUT2D eigenvalue weighted by Gasteiger charge is 2.21. The van der Waals surface area contributed by atoms with Gasteiger partial charge in [0, 0.05) is 20.9 Å². The third-order valence-corrected chi connectivity index (χ3v) is 4.24. The van der Waals surface area contributed by atoms with Crippen molar-refractivity contribution in [2.45, 2.75) is 25.4 Å². The SMILES string of the molecule is CC(O)(Cc1ccc(Br)cc1)Cc1ccc(I)cc1. The first kappa shape index (κ1) is 15.0. The molecule has 100 valence electrons. The van der Waals surface area contributed by atoms with Crippen LogP contribution in [0.3, 0.4) is 0 Å². The summed E-state index contributed by atoms with van der Waals surface area (Å²) in [7, 11) is 0. The topological polar surface area (TPSA) is 20.2 Å². The Balaban J connectivity index is 2.05. The Morgan fingerprint density at radius 1 is 0.947 bits per heavy atom. The van der Waals surface area contributed by atoms with Gasteiger partial charge in [-0.3, -0.25) is 0 Å². The lowest BCUT2D eigenvalue weighted by Crippen LogP contribution is -2.30. The van der Waals surface area contributed by atoms with Gasteiger partial charge < -0.3 is 5.11 Å². The van der Waals surface area contributed by atoms with E-state index in [0.717, 1.165) is 10.0 Å². The van der Waals surface area contributed by atoms with Crippen molar-refractivity contribution in [1.82, 2.24) is 0 Å². The van der Waals surface area contributed by atoms with Crippen molar-refractivity contribution >= 4 is 38.5 Å². The highest BCUT2D eigenvalue weighted by Crippen LogP contribution is 2.21. The number of rotatable bonds is 4. The maximum Gasteiger partial charge on any atom is 0.0700 e. The van der Waals surface area contributed by atoms with Gasteiger partial charge >= 0.3 is 0 Å². The summed E-state index contributed by atoms with van der Waals surface area (Å²) < 4.78 is 2.28. The fourth-order valence-corrected chi connectivity index (χ4v) is 2.77. The average Bonchev–Trinajstić information content (AvgIpc) is 2.34. The quantitative estimate of drug-likeness (QED) is 0.703. The minimum atomic E-state index is -0.722. The zero-order valence-electron chi connectivity index (χ0n) is 10.7. The van der Waals surface area contributed by atoms with Crippen LogP contribution in [0.15, 0.2) is 53.0 Å². The first-order valence-electron chi connectivity index (χ1n) is 6.16. The Morgan fingerprint density at radius 2 is 1.37 bits per heavy atom. The maximum atomic E-state index is 10.5. The number of benzene rings is 2. The van der Waals surface area contributed by atoms with E-state index in [1.807, 2.05) is 31.2 Å². The second-order valence-corrected chi connectivity index (χ2v) is 7.26. The molecule has 0 spiro atoms. The van der Waals surface area contributed by atoms with Gasteiger partial charge in [-0.25, -0.2) is 0 Å². The first-order valence-corrected chi connectivity index (χ1v) is 8.03. The molecule has 0 aliphatic rings. The molecule has 0 bridgehead atoms. The molecular formula is C16H16BrIO. The molecule has 2 rings (SSSR count). The summed E-state index contributed by atoms with van der Waals surface area (Å²) in [6.45, 7) is 1.90. The second-order valence-electron chi connectivity index (χ2n) is 5.10. The molecule has 0 aliphatic carbocycles. The maximum absolute atomic E-state index is 10.5. The summed E-state index contributed by atoms with van der Waals surface area (Å²) in [4.78, 5) is 0. The number of aliphatic hydroxyl groups is 1. The highest BCUT2D eigenvalue weighted by molar-refractivity contribution is 14.1. The lowest BCUT2D eigenvalue weighted by atomic mass is 9.90. The van der Waals surface area contributed by atoms with Gasteiger partial charge in [0.25, 0.3) is 0 Å². The van der Waals surface area contributed by atoms with Gasteiger partial charge in [-0.1, -0.05) is 40.2 Å². The largest absolute Gasteiger partial charge is 0.389 e. The van der Waals surface area contributed by atoms with Crippen LogP contribution in [0.4, 0.5) is 0 Å². The van der Waals surface area contributed by atoms with Crippen LogP contribution in [0, 0.1) is 3.57 Å². The molecule has 0 radical (unpaired) electrons. The molecule has 1 unspecified atom stereocenters. The van der Waals surface area contributed by atoms with E-state index < -0.39 is 5.60 Å². The molecule has 1 nitrogen and oxygen atoms in total. The standard InChI is InChI=1S/C16H16BrIO/c1-16(19,10-12-2-6-14(17)7-3-12)11-13-4-8-15(18)9-5-13/h2-9,19H,10-11H2,1H3. The van der Waals surface area contributed by atoms with E-state index >= 15 is 0 Å². The number of hydrogen-bond donors (Lipinski definition) is 1. The van der Waals surface area contributed by atoms with E-state index in [0.29, 0.717) is 12.8 Å². The molecule has 19 heavy (non-hydrogen) atoms. The summed E-state index contributed by atoms with van der Waals surface area (Å²) in [5.74, 6) is 0. The van der Waals surface area contributed by atoms with Gasteiger partial charge in [0.1, 0.15) is 0 Å². The van der Waals surface area contributed by atoms with Crippen molar-refractivity contribution in [2.75, 3.05) is 0 Å². The summed E-state index contributed by atoms with van der Waals surface area (Å²) >= 11 is 5.71. The van der Waals surface area contributed by atoms with Gasteiger partial charge in [0.05, 0.1) is 5.60 Å². The van der Waals surface area contributed by atoms with E-state index in [9.17, 15) is 5.11 Å². The summed E-state index contributed by atoms with van der Waals surface area (Å²) in [6, 6.07) is 16.4. The number of halogens is 2. The minimum Gasteiger partial charge on any atom is -0.389 e. The van der Waals surface area contributed by atoms with Crippen molar-refractivity contribution in [3.05, 3.63) is 67.7 Å². The van der Waals surface area contributed by atoms with Crippen LogP contribution in [0.1, 0.15) is 18.1 Å². The second kappa shape index (κ2) is 6.37. The van der Waals surface area contributed by atoms with Crippen molar-refractivity contribution in [1.29, 1.82) is 0 Å². The van der Waals surface area contributed by atoms with Gasteiger partial charge in [0.15, 0.2) is 0 Å². The van der Waals surface area contributed by atoms with Crippen molar-refractivity contribution in [3.63, 3.8) is 0 Å². The van der Waals surface area contributed by atoms with Crippen LogP contribution < -0.4 is 0 Å². The third-order valence-electron chi connectivity index (χ3n) is 3.00. The summed E-state index contributed by atoms with van der Waals surface area (Å²) in [5.41, 5.74) is 1.60. The first-order chi connectivity index (χ1) is 8.94. The fraction of sp³-hybridized carbons (Fsp3) is 0.250. The molecule has 0 saturated carbocycles. The zero-order chi connectivity index (χ0) is 13.9. The Hall–Kier alpha value is -0.390. The molecule has 3 heteroatoms. The van der Waals surface area contributed by atoms with Crippen LogP contribution in [0.2, 0.25) is 0 Å². The Kier molecular flexibility index (Phi) is 5.03. The van der Waals surface area contributed by atoms with E-state index in [4.69, 9.17) is 0 Å². The summed E-state index contributed by atoms with van der Waals surface area (Å²) in [6.07, 6.45) is 1.33. The van der Waals surface area contributed by atoms with Crippen LogP contribution in [-0.2, 0) is 12.8 Å². The Morgan fingerprint density at radius 3 is 1.84 bits per heavy atom. The van der Waals surface area contributed by atoms with Crippen LogP contribution in [0.25, 0.3) is 0 Å². The molecule has 0 saturated heterocycles. The molecule has 0 heterocycles. The Bertz CT molecular complexity index is 482. The molecule has 1 N–H and O–H groups in total. The van der Waals surface area contributed by atoms with Crippen molar-refractivity contribution in [2.24, 2.45) is 0 Å². The smallest absolute Gasteiger partial charge is 0.0700 e. The molecule has 2 aromatic carbocycles. The predicted octanol–water partition coefficient (Wildman–Crippen LogP) is 4.59. The van der Waals surface area contributed by atoms with E-state index in [2.05, 4.69) is 62.8 Å². The Labute approximate surface area is 136 Å². The van der Waals surface area contributed by atoms with E-state index in [-0.39, 0.29) is 0 Å². The molecule has 0 amide bonds. The third kappa shape index (κ3) is 4.89. The molecule has 0 fully saturated rings. The van der Waals surface area contributed by atoms with E-state index in [1.165, 1.54) is 9.13 Å². The highest BCUT2D eigenvalue weighted by atomic mass is 127. The lowest BCUT2D eigenvalue weighted by Gasteiger charge is -2.23. The van der Waals surface area contributed by atoms with Gasteiger partial charge in [0.2, 0.25) is 0 Å². The zero-order valence-corrected chi connectivity index (χ0v) is 14.5. The molecular weight excluding hydrogens is 415 g/mol. The van der Waals surface area contributed by atoms with Crippen LogP contribution >= 0.6 is 38.5 Å². The van der Waals surface area contributed by atoms with Crippen LogP contribution in [0.5, 0.6) is 0 Å². The molecule has 0 aromatic heterocycles. The van der Waals surface area contributed by atoms with Gasteiger partial charge in [-0.05, 0) is 64.9 Å². The normalized spacial score (nSPS) is 14.1. The lowest BCUT2D eigenvalue weighted by molar-refractivity contribution is 0.0608. The van der Waals surface area contributed by atoms with Crippen molar-refractivity contribution < 1.29 is 5.11 Å². The predicted molar refractivity (Wildman–Crippen MR) is 91.3 cm³/mol. The molecule has 1 atom stereocenters. The average molecular weight is 431 g/mol. The number of hydrogen-bond acceptors (Lipinski definition) is 1. The van der Waals surface area contributed by atoms with Gasteiger partial charge in [-0.2, -0.15) is 0 Å². The molecule has 2 aromatic rings. The van der Waals surface area contributed by atoms with Gasteiger partial charge in [-0.15, -0.1) is 0 Å². The monoisotopic (exact) mass is 430 g/mol. The van der Waals surface area contributed by atoms with Crippen molar-refractivity contribution in [3.8, 4) is 0 Å². The fourth-order valence-electron chi connectivity index (χ4n) is 2.15. The summed E-state index contributed by atoms with van der Waals surface area (Å²) in [5, 5.41) is 10.5. The van der Waals surface area contributed by atoms with Crippen LogP contribution in [-0.4, -0.2) is 10.7 Å². The minimum absolute atomic E-state index is 0.659.